The highest BCUT2D eigenvalue weighted by atomic mass is 31.2. The zero-order valence-corrected chi connectivity index (χ0v) is 25.4. The number of carbonyl (C=O) groups excluding carboxylic acids is 1. The topological polar surface area (TPSA) is 180 Å². The molecule has 2 fully saturated rings. The standard InChI is InChI=1S/C28H35F3N5O8P/c1-16(26(39)42-18-10-8-17(9-11-18)28(29,30)31)35-45(40,44-19-6-4-3-5-7-19)41-14-27(2)24(38)22(37)23(43-27)20-12-13-21-25(32)33-15-34-36(20)21/h3-7,12-13,15-18,22-24,37-38H,8-11,14H2,1-2H3,(H,35,40)(H2,32,33,34)/t16-,17?,18?,22+,23+,24+,27-,45+/m1/s1. The number of nitrogens with two attached hydrogens (primary N) is 1. The van der Waals surface area contributed by atoms with Crippen LogP contribution in [0.4, 0.5) is 19.0 Å². The number of para-hydroxylation sites is 1. The number of anilines is 1. The van der Waals surface area contributed by atoms with Gasteiger partial charge in [-0.2, -0.15) is 23.4 Å². The second-order valence-electron chi connectivity index (χ2n) is 11.5. The van der Waals surface area contributed by atoms with Crippen LogP contribution in [0.3, 0.4) is 0 Å². The second-order valence-corrected chi connectivity index (χ2v) is 13.2. The van der Waals surface area contributed by atoms with Crippen LogP contribution < -0.4 is 15.3 Å². The van der Waals surface area contributed by atoms with Gasteiger partial charge in [0.25, 0.3) is 0 Å². The van der Waals surface area contributed by atoms with E-state index < -0.39 is 68.5 Å². The molecule has 17 heteroatoms. The molecule has 0 bridgehead atoms. The van der Waals surface area contributed by atoms with Crippen molar-refractivity contribution in [2.24, 2.45) is 5.92 Å². The van der Waals surface area contributed by atoms with E-state index in [1.807, 2.05) is 0 Å². The molecule has 5 N–H and O–H groups in total. The fourth-order valence-electron chi connectivity index (χ4n) is 5.49. The third-order valence-corrected chi connectivity index (χ3v) is 9.70. The number of hydrogen-bond acceptors (Lipinski definition) is 11. The van der Waals surface area contributed by atoms with Crippen molar-refractivity contribution in [2.75, 3.05) is 12.3 Å². The summed E-state index contributed by atoms with van der Waals surface area (Å²) >= 11 is 0. The van der Waals surface area contributed by atoms with Crippen molar-refractivity contribution in [3.8, 4) is 5.75 Å². The van der Waals surface area contributed by atoms with Gasteiger partial charge in [0.15, 0.2) is 5.82 Å². The fraction of sp³-hybridized carbons (Fsp3) is 0.536. The number of esters is 1. The summed E-state index contributed by atoms with van der Waals surface area (Å²) in [5.74, 6) is -1.97. The number of carbonyl (C=O) groups is 1. The van der Waals surface area contributed by atoms with Gasteiger partial charge in [-0.25, -0.2) is 14.1 Å². The fourth-order valence-corrected chi connectivity index (χ4v) is 7.07. The molecule has 2 aromatic heterocycles. The van der Waals surface area contributed by atoms with Crippen molar-refractivity contribution < 1.29 is 51.3 Å². The maximum Gasteiger partial charge on any atom is 0.459 e. The van der Waals surface area contributed by atoms with Gasteiger partial charge in [0, 0.05) is 0 Å². The van der Waals surface area contributed by atoms with Gasteiger partial charge in [0.05, 0.1) is 18.2 Å². The molecule has 1 aromatic carbocycles. The van der Waals surface area contributed by atoms with Crippen LogP contribution in [-0.4, -0.2) is 73.5 Å². The monoisotopic (exact) mass is 657 g/mol. The Bertz CT molecular complexity index is 1540. The van der Waals surface area contributed by atoms with Crippen LogP contribution in [0.25, 0.3) is 5.52 Å². The minimum Gasteiger partial charge on any atom is -0.461 e. The molecule has 246 valence electrons. The molecule has 5 rings (SSSR count). The lowest BCUT2D eigenvalue weighted by Gasteiger charge is -2.31. The minimum absolute atomic E-state index is 0.0456. The highest BCUT2D eigenvalue weighted by Crippen LogP contribution is 2.48. The largest absolute Gasteiger partial charge is 0.461 e. The van der Waals surface area contributed by atoms with Gasteiger partial charge in [-0.1, -0.05) is 18.2 Å². The van der Waals surface area contributed by atoms with Gasteiger partial charge in [-0.05, 0) is 63.8 Å². The van der Waals surface area contributed by atoms with Crippen LogP contribution in [0, 0.1) is 5.92 Å². The molecule has 13 nitrogen and oxygen atoms in total. The van der Waals surface area contributed by atoms with E-state index in [-0.39, 0.29) is 37.3 Å². The molecular formula is C28H35F3N5O8P. The summed E-state index contributed by atoms with van der Waals surface area (Å²) in [6, 6.07) is 9.94. The van der Waals surface area contributed by atoms with E-state index in [9.17, 15) is 32.7 Å². The Balaban J connectivity index is 1.28. The van der Waals surface area contributed by atoms with Crippen LogP contribution in [0.2, 0.25) is 0 Å². The number of hydrogen-bond donors (Lipinski definition) is 4. The smallest absolute Gasteiger partial charge is 0.459 e. The molecule has 1 aliphatic heterocycles. The van der Waals surface area contributed by atoms with E-state index in [4.69, 9.17) is 24.3 Å². The SMILES string of the molecule is C[C@@H](N[P@](=O)(OC[C@@]1(C)O[C@@H](c2ccc3c(N)ncnn23)[C@H](O)[C@@H]1O)Oc1ccccc1)C(=O)OC1CCC(C(F)(F)F)CC1. The quantitative estimate of drug-likeness (QED) is 0.184. The summed E-state index contributed by atoms with van der Waals surface area (Å²) in [6.07, 6.45) is -8.07. The van der Waals surface area contributed by atoms with E-state index in [2.05, 4.69) is 15.2 Å². The number of aliphatic hydroxyl groups is 2. The van der Waals surface area contributed by atoms with Crippen molar-refractivity contribution in [2.45, 2.75) is 81.8 Å². The molecule has 0 spiro atoms. The van der Waals surface area contributed by atoms with Gasteiger partial charge in [-0.15, -0.1) is 0 Å². The number of nitrogen functional groups attached to an aromatic ring is 1. The Hall–Kier alpha value is -3.27. The van der Waals surface area contributed by atoms with Crippen molar-refractivity contribution in [3.05, 3.63) is 54.5 Å². The first kappa shape index (κ1) is 33.1. The van der Waals surface area contributed by atoms with Crippen molar-refractivity contribution >= 4 is 25.1 Å². The third-order valence-electron chi connectivity index (χ3n) is 8.07. The first-order valence-electron chi connectivity index (χ1n) is 14.4. The lowest BCUT2D eigenvalue weighted by Crippen LogP contribution is -2.45. The Morgan fingerprint density at radius 2 is 1.89 bits per heavy atom. The molecule has 1 aliphatic carbocycles. The number of aliphatic hydroxyl groups excluding tert-OH is 2. The molecule has 0 radical (unpaired) electrons. The molecule has 3 heterocycles. The second kappa shape index (κ2) is 12.9. The van der Waals surface area contributed by atoms with Gasteiger partial charge in [0.1, 0.15) is 53.7 Å². The van der Waals surface area contributed by atoms with Crippen LogP contribution in [-0.2, 0) is 23.4 Å². The van der Waals surface area contributed by atoms with Gasteiger partial charge >= 0.3 is 19.9 Å². The predicted molar refractivity (Wildman–Crippen MR) is 153 cm³/mol. The number of alkyl halides is 3. The van der Waals surface area contributed by atoms with E-state index in [1.165, 1.54) is 36.8 Å². The molecule has 1 saturated carbocycles. The number of ether oxygens (including phenoxy) is 2. The Labute approximate surface area is 256 Å². The highest BCUT2D eigenvalue weighted by Gasteiger charge is 2.54. The molecule has 0 amide bonds. The normalized spacial score (nSPS) is 29.3. The zero-order chi connectivity index (χ0) is 32.6. The summed E-state index contributed by atoms with van der Waals surface area (Å²) in [5.41, 5.74) is 5.12. The predicted octanol–water partition coefficient (Wildman–Crippen LogP) is 3.71. The minimum atomic E-state index is -4.42. The van der Waals surface area contributed by atoms with E-state index >= 15 is 0 Å². The van der Waals surface area contributed by atoms with Crippen LogP contribution in [0.1, 0.15) is 51.3 Å². The molecule has 6 atom stereocenters. The van der Waals surface area contributed by atoms with Crippen molar-refractivity contribution in [1.82, 2.24) is 19.7 Å². The Kier molecular flexibility index (Phi) is 9.45. The average Bonchev–Trinajstić information content (AvgIpc) is 3.52. The Morgan fingerprint density at radius 3 is 2.56 bits per heavy atom. The van der Waals surface area contributed by atoms with E-state index in [0.29, 0.717) is 11.2 Å². The van der Waals surface area contributed by atoms with Crippen LogP contribution in [0.5, 0.6) is 5.75 Å². The molecule has 2 aliphatic rings. The average molecular weight is 658 g/mol. The van der Waals surface area contributed by atoms with Crippen LogP contribution >= 0.6 is 7.75 Å². The zero-order valence-electron chi connectivity index (χ0n) is 24.5. The number of halogens is 3. The molecule has 3 aromatic rings. The number of aromatic nitrogens is 3. The van der Waals surface area contributed by atoms with Crippen LogP contribution in [0.15, 0.2) is 48.8 Å². The number of rotatable bonds is 10. The molecule has 0 unspecified atom stereocenters. The van der Waals surface area contributed by atoms with Gasteiger partial charge in [-0.3, -0.25) is 9.32 Å². The van der Waals surface area contributed by atoms with E-state index in [1.54, 1.807) is 30.3 Å². The maximum atomic E-state index is 14.0. The number of nitrogens with one attached hydrogen (secondary N) is 1. The van der Waals surface area contributed by atoms with Crippen molar-refractivity contribution in [3.63, 3.8) is 0 Å². The summed E-state index contributed by atoms with van der Waals surface area (Å²) in [7, 11) is -4.42. The third kappa shape index (κ3) is 7.26. The lowest BCUT2D eigenvalue weighted by molar-refractivity contribution is -0.188. The van der Waals surface area contributed by atoms with Crippen molar-refractivity contribution in [1.29, 1.82) is 0 Å². The summed E-state index contributed by atoms with van der Waals surface area (Å²) in [5, 5.41) is 28.6. The van der Waals surface area contributed by atoms with E-state index in [0.717, 1.165) is 0 Å². The van der Waals surface area contributed by atoms with Gasteiger partial charge in [0.2, 0.25) is 0 Å². The first-order valence-corrected chi connectivity index (χ1v) is 15.9. The molecule has 45 heavy (non-hydrogen) atoms. The summed E-state index contributed by atoms with van der Waals surface area (Å²) < 4.78 is 77.4. The molecule has 1 saturated heterocycles. The summed E-state index contributed by atoms with van der Waals surface area (Å²) in [6.45, 7) is 2.23. The number of fused-ring (bicyclic) bond motifs is 1. The van der Waals surface area contributed by atoms with Gasteiger partial charge < -0.3 is 29.9 Å². The number of nitrogens with zero attached hydrogens (tertiary/aromatic N) is 3. The number of benzene rings is 1. The lowest BCUT2D eigenvalue weighted by atomic mass is 9.87. The maximum absolute atomic E-state index is 14.0. The molecular weight excluding hydrogens is 622 g/mol. The first-order chi connectivity index (χ1) is 21.2. The summed E-state index contributed by atoms with van der Waals surface area (Å²) in [4.78, 5) is 16.8. The highest BCUT2D eigenvalue weighted by molar-refractivity contribution is 7.52. The Morgan fingerprint density at radius 1 is 1.20 bits per heavy atom.